The van der Waals surface area contributed by atoms with Crippen LogP contribution in [-0.4, -0.2) is 43.4 Å². The van der Waals surface area contributed by atoms with Gasteiger partial charge in [0.1, 0.15) is 0 Å². The smallest absolute Gasteiger partial charge is 0.231 e. The first-order chi connectivity index (χ1) is 13.7. The van der Waals surface area contributed by atoms with Gasteiger partial charge in [0, 0.05) is 31.9 Å². The number of guanidine groups is 1. The fourth-order valence-electron chi connectivity index (χ4n) is 3.40. The van der Waals surface area contributed by atoms with Gasteiger partial charge in [0.05, 0.1) is 6.54 Å². The predicted molar refractivity (Wildman–Crippen MR) is 121 cm³/mol. The molecule has 1 atom stereocenters. The van der Waals surface area contributed by atoms with Crippen LogP contribution in [0, 0.1) is 5.82 Å². The molecule has 2 aliphatic rings. The third kappa shape index (κ3) is 5.20. The van der Waals surface area contributed by atoms with Crippen LogP contribution in [0.4, 0.5) is 10.2 Å². The average Bonchev–Trinajstić information content (AvgIpc) is 3.35. The Morgan fingerprint density at radius 3 is 3.00 bits per heavy atom. The molecule has 0 amide bonds. The Hall–Kier alpha value is -2.30. The molecular formula is C20H25FIN5O2. The number of aliphatic imine (C=N–C) groups is 1. The minimum Gasteiger partial charge on any atom is -0.454 e. The third-order valence-electron chi connectivity index (χ3n) is 4.77. The van der Waals surface area contributed by atoms with Crippen LogP contribution >= 0.6 is 24.0 Å². The molecule has 0 saturated carbocycles. The predicted octanol–water partition coefficient (Wildman–Crippen LogP) is 2.90. The summed E-state index contributed by atoms with van der Waals surface area (Å²) in [6.45, 7) is 5.02. The maximum Gasteiger partial charge on any atom is 0.231 e. The van der Waals surface area contributed by atoms with Crippen LogP contribution in [0.5, 0.6) is 11.5 Å². The number of fused-ring (bicyclic) bond motifs is 1. The van der Waals surface area contributed by atoms with Crippen LogP contribution in [0.1, 0.15) is 18.9 Å². The van der Waals surface area contributed by atoms with Gasteiger partial charge in [-0.15, -0.1) is 24.0 Å². The van der Waals surface area contributed by atoms with E-state index in [1.807, 2.05) is 30.0 Å². The van der Waals surface area contributed by atoms with Gasteiger partial charge in [0.15, 0.2) is 29.1 Å². The molecule has 9 heteroatoms. The molecule has 1 fully saturated rings. The van der Waals surface area contributed by atoms with Crippen molar-refractivity contribution in [3.8, 4) is 11.5 Å². The van der Waals surface area contributed by atoms with E-state index in [0.29, 0.717) is 18.9 Å². The third-order valence-corrected chi connectivity index (χ3v) is 4.77. The van der Waals surface area contributed by atoms with Crippen molar-refractivity contribution in [3.63, 3.8) is 0 Å². The number of ether oxygens (including phenoxy) is 2. The molecule has 1 unspecified atom stereocenters. The zero-order chi connectivity index (χ0) is 19.3. The van der Waals surface area contributed by atoms with Crippen molar-refractivity contribution >= 4 is 35.8 Å². The monoisotopic (exact) mass is 513 g/mol. The van der Waals surface area contributed by atoms with E-state index in [4.69, 9.17) is 9.47 Å². The van der Waals surface area contributed by atoms with Gasteiger partial charge in [0.2, 0.25) is 6.79 Å². The summed E-state index contributed by atoms with van der Waals surface area (Å²) in [7, 11) is 0. The summed E-state index contributed by atoms with van der Waals surface area (Å²) >= 11 is 0. The second kappa shape index (κ2) is 9.95. The van der Waals surface area contributed by atoms with Crippen LogP contribution in [0.2, 0.25) is 0 Å². The highest BCUT2D eigenvalue weighted by atomic mass is 127. The van der Waals surface area contributed by atoms with Gasteiger partial charge in [-0.3, -0.25) is 0 Å². The Morgan fingerprint density at radius 2 is 2.17 bits per heavy atom. The van der Waals surface area contributed by atoms with Crippen LogP contribution in [0.15, 0.2) is 41.5 Å². The number of nitrogens with zero attached hydrogens (tertiary/aromatic N) is 3. The van der Waals surface area contributed by atoms with Gasteiger partial charge in [-0.05, 0) is 43.2 Å². The number of aromatic nitrogens is 1. The number of halogens is 2. The van der Waals surface area contributed by atoms with Crippen molar-refractivity contribution in [1.82, 2.24) is 15.6 Å². The summed E-state index contributed by atoms with van der Waals surface area (Å²) in [4.78, 5) is 10.8. The van der Waals surface area contributed by atoms with E-state index in [-0.39, 0.29) is 42.6 Å². The molecule has 0 bridgehead atoms. The lowest BCUT2D eigenvalue weighted by Gasteiger charge is -2.20. The van der Waals surface area contributed by atoms with Crippen molar-refractivity contribution in [1.29, 1.82) is 0 Å². The topological polar surface area (TPSA) is 71.0 Å². The molecule has 2 N–H and O–H groups in total. The van der Waals surface area contributed by atoms with Crippen molar-refractivity contribution in [3.05, 3.63) is 47.9 Å². The molecule has 156 valence electrons. The van der Waals surface area contributed by atoms with Gasteiger partial charge in [0.25, 0.3) is 0 Å². The lowest BCUT2D eigenvalue weighted by Crippen LogP contribution is -2.44. The first kappa shape index (κ1) is 21.4. The Labute approximate surface area is 186 Å². The highest BCUT2D eigenvalue weighted by molar-refractivity contribution is 14.0. The largest absolute Gasteiger partial charge is 0.454 e. The average molecular weight is 513 g/mol. The Bertz CT molecular complexity index is 867. The molecule has 0 aliphatic carbocycles. The summed E-state index contributed by atoms with van der Waals surface area (Å²) < 4.78 is 24.7. The zero-order valence-corrected chi connectivity index (χ0v) is 18.6. The van der Waals surface area contributed by atoms with E-state index in [2.05, 4.69) is 20.6 Å². The summed E-state index contributed by atoms with van der Waals surface area (Å²) in [6.07, 6.45) is 2.51. The van der Waals surface area contributed by atoms with Gasteiger partial charge in [-0.1, -0.05) is 6.07 Å². The van der Waals surface area contributed by atoms with Gasteiger partial charge in [-0.2, -0.15) is 0 Å². The molecule has 1 saturated heterocycles. The maximum atomic E-state index is 14.0. The summed E-state index contributed by atoms with van der Waals surface area (Å²) in [6, 6.07) is 9.08. The molecule has 4 rings (SSSR count). The molecule has 0 radical (unpaired) electrons. The second-order valence-electron chi connectivity index (χ2n) is 6.77. The molecule has 2 aliphatic heterocycles. The normalized spacial score (nSPS) is 17.8. The zero-order valence-electron chi connectivity index (χ0n) is 16.2. The van der Waals surface area contributed by atoms with Crippen LogP contribution < -0.4 is 25.0 Å². The number of hydrogen-bond acceptors (Lipinski definition) is 5. The molecule has 2 aromatic rings. The molecule has 1 aromatic carbocycles. The minimum atomic E-state index is -0.286. The fraction of sp³-hybridized carbons (Fsp3) is 0.400. The lowest BCUT2D eigenvalue weighted by atomic mass is 10.2. The van der Waals surface area contributed by atoms with Gasteiger partial charge in [-0.25, -0.2) is 14.4 Å². The first-order valence-electron chi connectivity index (χ1n) is 9.52. The van der Waals surface area contributed by atoms with E-state index in [0.717, 1.165) is 42.5 Å². The van der Waals surface area contributed by atoms with Crippen LogP contribution in [-0.2, 0) is 6.54 Å². The highest BCUT2D eigenvalue weighted by Crippen LogP contribution is 2.32. The maximum absolute atomic E-state index is 14.0. The van der Waals surface area contributed by atoms with Crippen LogP contribution in [0.3, 0.4) is 0 Å². The van der Waals surface area contributed by atoms with E-state index in [1.54, 1.807) is 12.3 Å². The highest BCUT2D eigenvalue weighted by Gasteiger charge is 2.26. The Morgan fingerprint density at radius 1 is 1.31 bits per heavy atom. The molecular weight excluding hydrogens is 488 g/mol. The number of rotatable bonds is 5. The standard InChI is InChI=1S/C20H24FN5O2.HI/c1-2-22-20(24-11-14-5-6-17-18(10-14)28-13-27-17)25-15-7-9-26(12-15)19-16(21)4-3-8-23-19;/h3-6,8,10,15H,2,7,9,11-13H2,1H3,(H2,22,24,25);1H. The number of benzene rings is 1. The molecule has 7 nitrogen and oxygen atoms in total. The van der Waals surface area contributed by atoms with Crippen molar-refractivity contribution in [2.75, 3.05) is 31.3 Å². The fourth-order valence-corrected chi connectivity index (χ4v) is 3.40. The van der Waals surface area contributed by atoms with E-state index in [9.17, 15) is 4.39 Å². The molecule has 1 aromatic heterocycles. The first-order valence-corrected chi connectivity index (χ1v) is 9.52. The molecule has 3 heterocycles. The quantitative estimate of drug-likeness (QED) is 0.364. The van der Waals surface area contributed by atoms with Crippen molar-refractivity contribution in [2.24, 2.45) is 4.99 Å². The molecule has 29 heavy (non-hydrogen) atoms. The SMILES string of the molecule is CCNC(=NCc1ccc2c(c1)OCO2)NC1CCN(c2ncccc2F)C1.I. The summed E-state index contributed by atoms with van der Waals surface area (Å²) in [5.41, 5.74) is 1.05. The minimum absolute atomic E-state index is 0. The Kier molecular flexibility index (Phi) is 7.34. The van der Waals surface area contributed by atoms with Gasteiger partial charge >= 0.3 is 0 Å². The number of hydrogen-bond donors (Lipinski definition) is 2. The van der Waals surface area contributed by atoms with E-state index < -0.39 is 0 Å². The lowest BCUT2D eigenvalue weighted by molar-refractivity contribution is 0.174. The van der Waals surface area contributed by atoms with Crippen LogP contribution in [0.25, 0.3) is 0 Å². The van der Waals surface area contributed by atoms with Crippen molar-refractivity contribution < 1.29 is 13.9 Å². The summed E-state index contributed by atoms with van der Waals surface area (Å²) in [5, 5.41) is 6.72. The second-order valence-corrected chi connectivity index (χ2v) is 6.77. The van der Waals surface area contributed by atoms with Gasteiger partial charge < -0.3 is 25.0 Å². The summed E-state index contributed by atoms with van der Waals surface area (Å²) in [5.74, 6) is 2.40. The Balaban J connectivity index is 0.00000240. The van der Waals surface area contributed by atoms with Crippen molar-refractivity contribution in [2.45, 2.75) is 25.9 Å². The van der Waals surface area contributed by atoms with E-state index in [1.165, 1.54) is 6.07 Å². The number of pyridine rings is 1. The number of nitrogens with one attached hydrogen (secondary N) is 2. The van der Waals surface area contributed by atoms with E-state index >= 15 is 0 Å². The number of anilines is 1. The molecule has 0 spiro atoms.